The van der Waals surface area contributed by atoms with Gasteiger partial charge in [-0.1, -0.05) is 64.0 Å². The quantitative estimate of drug-likeness (QED) is 0.620. The molecule has 3 nitrogen and oxygen atoms in total. The van der Waals surface area contributed by atoms with Crippen LogP contribution in [0.4, 0.5) is 0 Å². The van der Waals surface area contributed by atoms with Crippen LogP contribution in [0.3, 0.4) is 0 Å². The summed E-state index contributed by atoms with van der Waals surface area (Å²) >= 11 is 0. The first-order valence-corrected chi connectivity index (χ1v) is 8.02. The largest absolute Gasteiger partial charge is 0.507 e. The van der Waals surface area contributed by atoms with Crippen LogP contribution in [0.5, 0.6) is 5.75 Å². The van der Waals surface area contributed by atoms with Crippen LogP contribution in [0.1, 0.15) is 68.6 Å². The van der Waals surface area contributed by atoms with Crippen LogP contribution in [0.2, 0.25) is 0 Å². The van der Waals surface area contributed by atoms with Gasteiger partial charge in [-0.05, 0) is 25.0 Å². The Hall–Kier alpha value is -1.51. The number of phenols is 1. The Balaban J connectivity index is 0.000000304. The number of phenolic OH excluding ortho intramolecular Hbond substituents is 1. The molecule has 1 fully saturated rings. The number of benzene rings is 1. The van der Waals surface area contributed by atoms with E-state index in [0.29, 0.717) is 6.61 Å². The highest BCUT2D eigenvalue weighted by atomic mass is 16.5. The molecule has 117 valence electrons. The summed E-state index contributed by atoms with van der Waals surface area (Å²) in [7, 11) is 0. The molecule has 1 aliphatic rings. The topological polar surface area (TPSA) is 46.5 Å². The molecular weight excluding hydrogens is 264 g/mol. The smallest absolute Gasteiger partial charge is 0.341 e. The van der Waals surface area contributed by atoms with Crippen molar-refractivity contribution in [2.75, 3.05) is 6.61 Å². The summed E-state index contributed by atoms with van der Waals surface area (Å²) in [6.07, 6.45) is 12.5. The lowest BCUT2D eigenvalue weighted by atomic mass is 10.0. The minimum absolute atomic E-state index is 0.0296. The molecule has 0 amide bonds. The van der Waals surface area contributed by atoms with Crippen molar-refractivity contribution in [2.45, 2.75) is 58.3 Å². The average Bonchev–Trinajstić information content (AvgIpc) is 2.54. The van der Waals surface area contributed by atoms with Gasteiger partial charge in [-0.2, -0.15) is 0 Å². The second-order valence-electron chi connectivity index (χ2n) is 5.29. The van der Waals surface area contributed by atoms with Crippen LogP contribution in [0.15, 0.2) is 24.3 Å². The summed E-state index contributed by atoms with van der Waals surface area (Å²) in [5.41, 5.74) is 0.231. The van der Waals surface area contributed by atoms with Crippen molar-refractivity contribution in [2.24, 2.45) is 0 Å². The standard InChI is InChI=1S/C12H16O3.C6H11/c1-2-3-6-9-15-12(14)10-7-4-5-8-11(10)13;1-2-4-6-5-3-1/h4-5,7-8,13H,2-3,6,9H2,1H3;1H,2-6H2. The lowest BCUT2D eigenvalue weighted by molar-refractivity contribution is 0.0495. The maximum absolute atomic E-state index is 11.4. The van der Waals surface area contributed by atoms with Gasteiger partial charge in [0.15, 0.2) is 0 Å². The Morgan fingerprint density at radius 2 is 1.86 bits per heavy atom. The van der Waals surface area contributed by atoms with Gasteiger partial charge < -0.3 is 9.84 Å². The van der Waals surface area contributed by atoms with E-state index in [2.05, 4.69) is 13.3 Å². The van der Waals surface area contributed by atoms with Crippen molar-refractivity contribution >= 4 is 5.97 Å². The van der Waals surface area contributed by atoms with Gasteiger partial charge in [-0.3, -0.25) is 0 Å². The number of unbranched alkanes of at least 4 members (excludes halogenated alkanes) is 2. The molecule has 1 aromatic rings. The van der Waals surface area contributed by atoms with Gasteiger partial charge in [0.25, 0.3) is 0 Å². The number of hydrogen-bond donors (Lipinski definition) is 1. The van der Waals surface area contributed by atoms with Gasteiger partial charge >= 0.3 is 5.97 Å². The maximum Gasteiger partial charge on any atom is 0.341 e. The molecule has 1 aliphatic carbocycles. The molecule has 0 heterocycles. The van der Waals surface area contributed by atoms with Crippen LogP contribution in [0.25, 0.3) is 0 Å². The molecular formula is C18H27O3. The van der Waals surface area contributed by atoms with Gasteiger partial charge in [-0.25, -0.2) is 4.79 Å². The minimum Gasteiger partial charge on any atom is -0.507 e. The molecule has 21 heavy (non-hydrogen) atoms. The number of carbonyl (C=O) groups excluding carboxylic acids is 1. The van der Waals surface area contributed by atoms with Gasteiger partial charge in [0.05, 0.1) is 6.61 Å². The summed E-state index contributed by atoms with van der Waals surface area (Å²) in [6.45, 7) is 2.51. The van der Waals surface area contributed by atoms with Crippen molar-refractivity contribution in [3.05, 3.63) is 36.2 Å². The van der Waals surface area contributed by atoms with Gasteiger partial charge in [0.2, 0.25) is 0 Å². The Morgan fingerprint density at radius 3 is 2.38 bits per heavy atom. The van der Waals surface area contributed by atoms with E-state index in [9.17, 15) is 9.90 Å². The van der Waals surface area contributed by atoms with E-state index in [1.807, 2.05) is 0 Å². The molecule has 0 atom stereocenters. The average molecular weight is 291 g/mol. The molecule has 2 rings (SSSR count). The zero-order valence-electron chi connectivity index (χ0n) is 13.0. The highest BCUT2D eigenvalue weighted by Crippen LogP contribution is 2.16. The molecule has 0 bridgehead atoms. The number of para-hydroxylation sites is 1. The monoisotopic (exact) mass is 291 g/mol. The highest BCUT2D eigenvalue weighted by molar-refractivity contribution is 5.92. The number of hydrogen-bond acceptors (Lipinski definition) is 3. The molecule has 1 N–H and O–H groups in total. The van der Waals surface area contributed by atoms with E-state index < -0.39 is 5.97 Å². The summed E-state index contributed by atoms with van der Waals surface area (Å²) in [5.74, 6) is -0.484. The van der Waals surface area contributed by atoms with Gasteiger partial charge in [-0.15, -0.1) is 0 Å². The molecule has 0 spiro atoms. The van der Waals surface area contributed by atoms with E-state index in [1.165, 1.54) is 38.2 Å². The lowest BCUT2D eigenvalue weighted by Crippen LogP contribution is -2.06. The van der Waals surface area contributed by atoms with Gasteiger partial charge in [0, 0.05) is 0 Å². The number of ether oxygens (including phenoxy) is 1. The molecule has 0 unspecified atom stereocenters. The molecule has 1 radical (unpaired) electrons. The van der Waals surface area contributed by atoms with Crippen LogP contribution in [-0.4, -0.2) is 17.7 Å². The number of carbonyl (C=O) groups is 1. The Kier molecular flexibility index (Phi) is 9.34. The molecule has 0 saturated heterocycles. The van der Waals surface area contributed by atoms with Crippen molar-refractivity contribution in [1.29, 1.82) is 0 Å². The zero-order chi connectivity index (χ0) is 15.3. The molecule has 1 aromatic carbocycles. The highest BCUT2D eigenvalue weighted by Gasteiger charge is 2.10. The Morgan fingerprint density at radius 1 is 1.14 bits per heavy atom. The number of aromatic hydroxyl groups is 1. The van der Waals surface area contributed by atoms with Crippen LogP contribution >= 0.6 is 0 Å². The first kappa shape index (κ1) is 17.5. The first-order chi connectivity index (χ1) is 10.3. The van der Waals surface area contributed by atoms with Gasteiger partial charge in [0.1, 0.15) is 11.3 Å². The SMILES string of the molecule is CCCCCOC(=O)c1ccccc1O.[CH]1CCCCC1. The number of rotatable bonds is 5. The first-order valence-electron chi connectivity index (χ1n) is 8.02. The zero-order valence-corrected chi connectivity index (χ0v) is 13.0. The van der Waals surface area contributed by atoms with Crippen LogP contribution < -0.4 is 0 Å². The third-order valence-electron chi connectivity index (χ3n) is 3.42. The second kappa shape index (κ2) is 11.2. The van der Waals surface area contributed by atoms with E-state index >= 15 is 0 Å². The van der Waals surface area contributed by atoms with Crippen LogP contribution in [0, 0.1) is 6.42 Å². The van der Waals surface area contributed by atoms with E-state index in [4.69, 9.17) is 4.74 Å². The van der Waals surface area contributed by atoms with E-state index in [0.717, 1.165) is 19.3 Å². The van der Waals surface area contributed by atoms with Crippen molar-refractivity contribution in [3.8, 4) is 5.75 Å². The predicted octanol–water partition coefficient (Wildman–Crippen LogP) is 4.89. The third-order valence-corrected chi connectivity index (χ3v) is 3.42. The van der Waals surface area contributed by atoms with Crippen molar-refractivity contribution in [1.82, 2.24) is 0 Å². The normalized spacial score (nSPS) is 14.0. The summed E-state index contributed by atoms with van der Waals surface area (Å²) in [5, 5.41) is 9.38. The minimum atomic E-state index is -0.454. The maximum atomic E-state index is 11.4. The predicted molar refractivity (Wildman–Crippen MR) is 85.3 cm³/mol. The fourth-order valence-electron chi connectivity index (χ4n) is 2.14. The molecule has 0 aliphatic heterocycles. The Bertz CT molecular complexity index is 386. The summed E-state index contributed by atoms with van der Waals surface area (Å²) in [4.78, 5) is 11.4. The molecule has 1 saturated carbocycles. The lowest BCUT2D eigenvalue weighted by Gasteiger charge is -2.05. The van der Waals surface area contributed by atoms with Crippen LogP contribution in [-0.2, 0) is 4.74 Å². The molecule has 3 heteroatoms. The second-order valence-corrected chi connectivity index (χ2v) is 5.29. The van der Waals surface area contributed by atoms with E-state index in [-0.39, 0.29) is 11.3 Å². The van der Waals surface area contributed by atoms with Crippen molar-refractivity contribution < 1.29 is 14.6 Å². The summed E-state index contributed by atoms with van der Waals surface area (Å²) in [6, 6.07) is 6.39. The number of esters is 1. The van der Waals surface area contributed by atoms with Crippen molar-refractivity contribution in [3.63, 3.8) is 0 Å². The summed E-state index contributed by atoms with van der Waals surface area (Å²) < 4.78 is 5.01. The fourth-order valence-corrected chi connectivity index (χ4v) is 2.14. The fraction of sp³-hybridized carbons (Fsp3) is 0.556. The Labute approximate surface area is 128 Å². The third kappa shape index (κ3) is 7.74. The van der Waals surface area contributed by atoms with E-state index in [1.54, 1.807) is 18.2 Å². The molecule has 0 aromatic heterocycles.